The summed E-state index contributed by atoms with van der Waals surface area (Å²) < 4.78 is 0. The Bertz CT molecular complexity index is 630. The van der Waals surface area contributed by atoms with Gasteiger partial charge < -0.3 is 16.8 Å². The molecule has 1 aliphatic rings. The molecule has 0 radical (unpaired) electrons. The van der Waals surface area contributed by atoms with Gasteiger partial charge in [0, 0.05) is 16.9 Å². The smallest absolute Gasteiger partial charge is 0.251 e. The third-order valence-electron chi connectivity index (χ3n) is 3.78. The molecule has 0 aromatic heterocycles. The van der Waals surface area contributed by atoms with Crippen molar-refractivity contribution in [2.24, 2.45) is 5.92 Å². The molecule has 0 heterocycles. The summed E-state index contributed by atoms with van der Waals surface area (Å²) in [5.74, 6) is 0.393. The van der Waals surface area contributed by atoms with Crippen LogP contribution in [0.5, 0.6) is 0 Å². The molecule has 0 saturated heterocycles. The molecule has 1 amide bonds. The lowest BCUT2D eigenvalue weighted by atomic mass is 10.0. The molecule has 0 aliphatic heterocycles. The summed E-state index contributed by atoms with van der Waals surface area (Å²) >= 11 is 0. The third-order valence-corrected chi connectivity index (χ3v) is 3.78. The first kappa shape index (κ1) is 13.5. The Morgan fingerprint density at radius 1 is 1.05 bits per heavy atom. The second-order valence-corrected chi connectivity index (χ2v) is 5.59. The molecule has 2 aromatic rings. The Morgan fingerprint density at radius 3 is 2.24 bits per heavy atom. The Labute approximate surface area is 124 Å². The molecule has 4 heteroatoms. The number of amides is 1. The predicted molar refractivity (Wildman–Crippen MR) is 84.6 cm³/mol. The zero-order valence-electron chi connectivity index (χ0n) is 11.8. The molecule has 108 valence electrons. The SMILES string of the molecule is Nc1cc(N)cc(C(=O)NC(c2ccccc2)C2CC2)c1. The van der Waals surface area contributed by atoms with E-state index in [1.807, 2.05) is 18.2 Å². The molecule has 1 unspecified atom stereocenters. The Kier molecular flexibility index (Phi) is 3.52. The molecule has 4 nitrogen and oxygen atoms in total. The van der Waals surface area contributed by atoms with Crippen LogP contribution >= 0.6 is 0 Å². The van der Waals surface area contributed by atoms with E-state index in [1.54, 1.807) is 18.2 Å². The average molecular weight is 281 g/mol. The first-order valence-electron chi connectivity index (χ1n) is 7.15. The lowest BCUT2D eigenvalue weighted by molar-refractivity contribution is 0.0931. The first-order chi connectivity index (χ1) is 10.1. The van der Waals surface area contributed by atoms with Crippen molar-refractivity contribution in [2.75, 3.05) is 11.5 Å². The molecule has 21 heavy (non-hydrogen) atoms. The number of anilines is 2. The van der Waals surface area contributed by atoms with Crippen LogP contribution in [-0.2, 0) is 0 Å². The Morgan fingerprint density at radius 2 is 1.67 bits per heavy atom. The molecule has 1 saturated carbocycles. The minimum Gasteiger partial charge on any atom is -0.399 e. The number of rotatable bonds is 4. The highest BCUT2D eigenvalue weighted by Gasteiger charge is 2.33. The molecule has 1 aliphatic carbocycles. The second-order valence-electron chi connectivity index (χ2n) is 5.59. The summed E-state index contributed by atoms with van der Waals surface area (Å²) in [7, 11) is 0. The second kappa shape index (κ2) is 5.48. The van der Waals surface area contributed by atoms with Crippen LogP contribution in [-0.4, -0.2) is 5.91 Å². The van der Waals surface area contributed by atoms with Crippen LogP contribution in [0.4, 0.5) is 11.4 Å². The molecule has 0 bridgehead atoms. The summed E-state index contributed by atoms with van der Waals surface area (Å²) in [5, 5.41) is 3.12. The standard InChI is InChI=1S/C17H19N3O/c18-14-8-13(9-15(19)10-14)17(21)20-16(12-6-7-12)11-4-2-1-3-5-11/h1-5,8-10,12,16H,6-7,18-19H2,(H,20,21). The number of nitrogens with one attached hydrogen (secondary N) is 1. The normalized spacial score (nSPS) is 15.4. The van der Waals surface area contributed by atoms with E-state index < -0.39 is 0 Å². The zero-order chi connectivity index (χ0) is 14.8. The summed E-state index contributed by atoms with van der Waals surface area (Å²) in [6.45, 7) is 0. The molecular weight excluding hydrogens is 262 g/mol. The highest BCUT2D eigenvalue weighted by molar-refractivity contribution is 5.96. The van der Waals surface area contributed by atoms with Crippen LogP contribution < -0.4 is 16.8 Å². The largest absolute Gasteiger partial charge is 0.399 e. The summed E-state index contributed by atoms with van der Waals surface area (Å²) in [6.07, 6.45) is 2.30. The van der Waals surface area contributed by atoms with Crippen molar-refractivity contribution in [2.45, 2.75) is 18.9 Å². The summed E-state index contributed by atoms with van der Waals surface area (Å²) in [6, 6.07) is 15.1. The average Bonchev–Trinajstić information content (AvgIpc) is 3.29. The van der Waals surface area contributed by atoms with Gasteiger partial charge in [-0.3, -0.25) is 4.79 Å². The number of nitrogens with two attached hydrogens (primary N) is 2. The van der Waals surface area contributed by atoms with Crippen molar-refractivity contribution in [3.8, 4) is 0 Å². The zero-order valence-corrected chi connectivity index (χ0v) is 11.8. The number of hydrogen-bond acceptors (Lipinski definition) is 3. The van der Waals surface area contributed by atoms with Gasteiger partial charge in [0.05, 0.1) is 6.04 Å². The van der Waals surface area contributed by atoms with Gasteiger partial charge in [0.15, 0.2) is 0 Å². The highest BCUT2D eigenvalue weighted by Crippen LogP contribution is 2.41. The lowest BCUT2D eigenvalue weighted by Crippen LogP contribution is -2.30. The van der Waals surface area contributed by atoms with Gasteiger partial charge in [-0.1, -0.05) is 30.3 Å². The monoisotopic (exact) mass is 281 g/mol. The summed E-state index contributed by atoms with van der Waals surface area (Å²) in [4.78, 5) is 12.4. The van der Waals surface area contributed by atoms with E-state index in [0.29, 0.717) is 22.9 Å². The molecule has 1 fully saturated rings. The van der Waals surface area contributed by atoms with Crippen molar-refractivity contribution in [3.63, 3.8) is 0 Å². The molecular formula is C17H19N3O. The van der Waals surface area contributed by atoms with Crippen LogP contribution in [0.2, 0.25) is 0 Å². The van der Waals surface area contributed by atoms with Gasteiger partial charge in [0.25, 0.3) is 5.91 Å². The van der Waals surface area contributed by atoms with E-state index in [4.69, 9.17) is 11.5 Å². The van der Waals surface area contributed by atoms with Crippen molar-refractivity contribution in [1.82, 2.24) is 5.32 Å². The topological polar surface area (TPSA) is 81.1 Å². The van der Waals surface area contributed by atoms with Crippen LogP contribution in [0, 0.1) is 5.92 Å². The van der Waals surface area contributed by atoms with Gasteiger partial charge in [-0.15, -0.1) is 0 Å². The predicted octanol–water partition coefficient (Wildman–Crippen LogP) is 2.73. The quantitative estimate of drug-likeness (QED) is 0.754. The third kappa shape index (κ3) is 3.16. The van der Waals surface area contributed by atoms with Crippen molar-refractivity contribution < 1.29 is 4.79 Å². The maximum atomic E-state index is 12.4. The van der Waals surface area contributed by atoms with Gasteiger partial charge in [0.2, 0.25) is 0 Å². The van der Waals surface area contributed by atoms with Crippen LogP contribution in [0.1, 0.15) is 34.8 Å². The highest BCUT2D eigenvalue weighted by atomic mass is 16.1. The fourth-order valence-corrected chi connectivity index (χ4v) is 2.60. The van der Waals surface area contributed by atoms with Gasteiger partial charge >= 0.3 is 0 Å². The maximum Gasteiger partial charge on any atom is 0.251 e. The minimum absolute atomic E-state index is 0.0568. The maximum absolute atomic E-state index is 12.4. The fourth-order valence-electron chi connectivity index (χ4n) is 2.60. The van der Waals surface area contributed by atoms with E-state index in [9.17, 15) is 4.79 Å². The summed E-state index contributed by atoms with van der Waals surface area (Å²) in [5.41, 5.74) is 14.2. The van der Waals surface area contributed by atoms with E-state index in [2.05, 4.69) is 17.4 Å². The van der Waals surface area contributed by atoms with Crippen molar-refractivity contribution in [3.05, 3.63) is 59.7 Å². The number of hydrogen-bond donors (Lipinski definition) is 3. The minimum atomic E-state index is -0.130. The molecule has 2 aromatic carbocycles. The van der Waals surface area contributed by atoms with Gasteiger partial charge in [-0.25, -0.2) is 0 Å². The van der Waals surface area contributed by atoms with E-state index in [0.717, 1.165) is 18.4 Å². The van der Waals surface area contributed by atoms with E-state index in [1.165, 1.54) is 0 Å². The Hall–Kier alpha value is -2.49. The van der Waals surface area contributed by atoms with Crippen molar-refractivity contribution >= 4 is 17.3 Å². The van der Waals surface area contributed by atoms with Gasteiger partial charge in [-0.05, 0) is 42.5 Å². The first-order valence-corrected chi connectivity index (χ1v) is 7.15. The number of benzene rings is 2. The molecule has 3 rings (SSSR count). The number of carbonyl (C=O) groups is 1. The Balaban J connectivity index is 1.81. The van der Waals surface area contributed by atoms with Crippen LogP contribution in [0.25, 0.3) is 0 Å². The molecule has 5 N–H and O–H groups in total. The molecule has 0 spiro atoms. The fraction of sp³-hybridized carbons (Fsp3) is 0.235. The van der Waals surface area contributed by atoms with E-state index >= 15 is 0 Å². The van der Waals surface area contributed by atoms with E-state index in [-0.39, 0.29) is 11.9 Å². The number of carbonyl (C=O) groups excluding carboxylic acids is 1. The van der Waals surface area contributed by atoms with Crippen molar-refractivity contribution in [1.29, 1.82) is 0 Å². The van der Waals surface area contributed by atoms with Gasteiger partial charge in [-0.2, -0.15) is 0 Å². The van der Waals surface area contributed by atoms with Crippen LogP contribution in [0.3, 0.4) is 0 Å². The number of nitrogen functional groups attached to an aromatic ring is 2. The van der Waals surface area contributed by atoms with Gasteiger partial charge in [0.1, 0.15) is 0 Å². The lowest BCUT2D eigenvalue weighted by Gasteiger charge is -2.19. The van der Waals surface area contributed by atoms with Crippen LogP contribution in [0.15, 0.2) is 48.5 Å². The molecule has 1 atom stereocenters.